The molecule has 1 N–H and O–H groups in total. The van der Waals surface area contributed by atoms with Crippen LogP contribution in [-0.4, -0.2) is 25.2 Å². The molecular weight excluding hydrogens is 250 g/mol. The third-order valence-electron chi connectivity index (χ3n) is 2.50. The Morgan fingerprint density at radius 1 is 1.56 bits per heavy atom. The van der Waals surface area contributed by atoms with E-state index >= 15 is 0 Å². The molecule has 0 aliphatic heterocycles. The van der Waals surface area contributed by atoms with Gasteiger partial charge in [-0.3, -0.25) is 4.79 Å². The first kappa shape index (κ1) is 12.6. The summed E-state index contributed by atoms with van der Waals surface area (Å²) in [5, 5.41) is 8.65. The number of thiophene rings is 1. The number of hydrogen-bond donors (Lipinski definition) is 1. The zero-order chi connectivity index (χ0) is 13.1. The Balaban J connectivity index is 2.03. The number of hydrogen-bond acceptors (Lipinski definition) is 5. The largest absolute Gasteiger partial charge is 0.360 e. The van der Waals surface area contributed by atoms with Gasteiger partial charge in [-0.1, -0.05) is 11.2 Å². The van der Waals surface area contributed by atoms with Crippen LogP contribution in [0.25, 0.3) is 0 Å². The minimum Gasteiger partial charge on any atom is -0.360 e. The van der Waals surface area contributed by atoms with Crippen molar-refractivity contribution in [3.8, 4) is 0 Å². The molecule has 2 heterocycles. The van der Waals surface area contributed by atoms with Crippen molar-refractivity contribution in [3.05, 3.63) is 34.2 Å². The first-order chi connectivity index (χ1) is 8.58. The van der Waals surface area contributed by atoms with Crippen LogP contribution in [0.2, 0.25) is 0 Å². The number of aromatic nitrogens is 1. The predicted molar refractivity (Wildman–Crippen MR) is 71.0 cm³/mol. The zero-order valence-electron chi connectivity index (χ0n) is 10.5. The second kappa shape index (κ2) is 5.22. The van der Waals surface area contributed by atoms with E-state index in [0.29, 0.717) is 5.82 Å². The second-order valence-corrected chi connectivity index (χ2v) is 5.13. The van der Waals surface area contributed by atoms with Gasteiger partial charge in [-0.15, -0.1) is 11.3 Å². The number of nitrogens with one attached hydrogen (secondary N) is 1. The van der Waals surface area contributed by atoms with E-state index in [1.165, 1.54) is 0 Å². The summed E-state index contributed by atoms with van der Waals surface area (Å²) in [6.07, 6.45) is 0. The lowest BCUT2D eigenvalue weighted by Gasteiger charge is -2.10. The lowest BCUT2D eigenvalue weighted by molar-refractivity contribution is 0.0903. The highest BCUT2D eigenvalue weighted by Crippen LogP contribution is 2.19. The molecule has 0 radical (unpaired) electrons. The first-order valence-electron chi connectivity index (χ1n) is 5.56. The Kier molecular flexibility index (Phi) is 3.66. The molecule has 0 saturated heterocycles. The molecule has 1 atom stereocenters. The molecule has 0 aromatic carbocycles. The van der Waals surface area contributed by atoms with E-state index < -0.39 is 0 Å². The SMILES string of the molecule is C[C@@H](NC(=O)c1cc(N(C)C)no1)c1cccs1. The fourth-order valence-corrected chi connectivity index (χ4v) is 2.19. The van der Waals surface area contributed by atoms with Crippen LogP contribution in [0, 0.1) is 0 Å². The Morgan fingerprint density at radius 2 is 2.33 bits per heavy atom. The number of anilines is 1. The summed E-state index contributed by atoms with van der Waals surface area (Å²) in [7, 11) is 3.68. The van der Waals surface area contributed by atoms with Crippen molar-refractivity contribution < 1.29 is 9.32 Å². The van der Waals surface area contributed by atoms with Gasteiger partial charge in [-0.2, -0.15) is 0 Å². The van der Waals surface area contributed by atoms with Gasteiger partial charge >= 0.3 is 0 Å². The van der Waals surface area contributed by atoms with Crippen LogP contribution in [0.4, 0.5) is 5.82 Å². The molecule has 5 nitrogen and oxygen atoms in total. The second-order valence-electron chi connectivity index (χ2n) is 4.15. The molecule has 0 aliphatic rings. The summed E-state index contributed by atoms with van der Waals surface area (Å²) < 4.78 is 5.01. The highest BCUT2D eigenvalue weighted by Gasteiger charge is 2.17. The molecule has 0 spiro atoms. The van der Waals surface area contributed by atoms with Gasteiger partial charge < -0.3 is 14.7 Å². The van der Waals surface area contributed by atoms with Crippen molar-refractivity contribution in [1.82, 2.24) is 10.5 Å². The van der Waals surface area contributed by atoms with Gasteiger partial charge in [0.1, 0.15) is 0 Å². The van der Waals surface area contributed by atoms with E-state index in [2.05, 4.69) is 10.5 Å². The minimum atomic E-state index is -0.253. The molecule has 18 heavy (non-hydrogen) atoms. The zero-order valence-corrected chi connectivity index (χ0v) is 11.3. The van der Waals surface area contributed by atoms with Crippen molar-refractivity contribution in [2.75, 3.05) is 19.0 Å². The summed E-state index contributed by atoms with van der Waals surface area (Å²) in [6.45, 7) is 1.94. The predicted octanol–water partition coefficient (Wildman–Crippen LogP) is 2.29. The normalized spacial score (nSPS) is 12.2. The maximum absolute atomic E-state index is 11.9. The average Bonchev–Trinajstić information content (AvgIpc) is 3.00. The van der Waals surface area contributed by atoms with Gasteiger partial charge in [0.15, 0.2) is 5.82 Å². The van der Waals surface area contributed by atoms with Gasteiger partial charge in [0.05, 0.1) is 6.04 Å². The smallest absolute Gasteiger partial charge is 0.290 e. The summed E-state index contributed by atoms with van der Waals surface area (Å²) in [5.74, 6) is 0.600. The minimum absolute atomic E-state index is 0.0367. The molecular formula is C12H15N3O2S. The van der Waals surface area contributed by atoms with E-state index in [1.54, 1.807) is 22.3 Å². The van der Waals surface area contributed by atoms with Crippen LogP contribution in [0.15, 0.2) is 28.1 Å². The number of rotatable bonds is 4. The van der Waals surface area contributed by atoms with Gasteiger partial charge in [-0.05, 0) is 18.4 Å². The first-order valence-corrected chi connectivity index (χ1v) is 6.44. The molecule has 0 fully saturated rings. The van der Waals surface area contributed by atoms with Gasteiger partial charge in [-0.25, -0.2) is 0 Å². The molecule has 2 aromatic rings. The van der Waals surface area contributed by atoms with Gasteiger partial charge in [0, 0.05) is 25.0 Å². The molecule has 2 rings (SSSR count). The van der Waals surface area contributed by atoms with Crippen LogP contribution in [0.3, 0.4) is 0 Å². The maximum atomic E-state index is 11.9. The summed E-state index contributed by atoms with van der Waals surface area (Å²) in [6, 6.07) is 5.53. The van der Waals surface area contributed by atoms with E-state index in [-0.39, 0.29) is 17.7 Å². The summed E-state index contributed by atoms with van der Waals surface area (Å²) in [5.41, 5.74) is 0. The van der Waals surface area contributed by atoms with Crippen LogP contribution >= 0.6 is 11.3 Å². The molecule has 6 heteroatoms. The Bertz CT molecular complexity index is 519. The Hall–Kier alpha value is -1.82. The van der Waals surface area contributed by atoms with Crippen molar-refractivity contribution >= 4 is 23.1 Å². The quantitative estimate of drug-likeness (QED) is 0.921. The van der Waals surface area contributed by atoms with E-state index in [4.69, 9.17) is 4.52 Å². The van der Waals surface area contributed by atoms with Crippen molar-refractivity contribution in [2.45, 2.75) is 13.0 Å². The van der Waals surface area contributed by atoms with E-state index in [1.807, 2.05) is 38.5 Å². The van der Waals surface area contributed by atoms with Crippen molar-refractivity contribution in [2.24, 2.45) is 0 Å². The Labute approximate surface area is 109 Å². The van der Waals surface area contributed by atoms with Crippen LogP contribution in [0.5, 0.6) is 0 Å². The average molecular weight is 265 g/mol. The molecule has 0 bridgehead atoms. The van der Waals surface area contributed by atoms with Crippen LogP contribution < -0.4 is 10.2 Å². The fourth-order valence-electron chi connectivity index (χ4n) is 1.46. The lowest BCUT2D eigenvalue weighted by atomic mass is 10.2. The third-order valence-corrected chi connectivity index (χ3v) is 3.55. The highest BCUT2D eigenvalue weighted by atomic mass is 32.1. The number of amides is 1. The third kappa shape index (κ3) is 2.70. The van der Waals surface area contributed by atoms with Crippen LogP contribution in [0.1, 0.15) is 28.4 Å². The van der Waals surface area contributed by atoms with Crippen LogP contribution in [-0.2, 0) is 0 Å². The van der Waals surface area contributed by atoms with Crippen molar-refractivity contribution in [3.63, 3.8) is 0 Å². The summed E-state index contributed by atoms with van der Waals surface area (Å²) >= 11 is 1.61. The summed E-state index contributed by atoms with van der Waals surface area (Å²) in [4.78, 5) is 14.8. The number of carbonyl (C=O) groups excluding carboxylic acids is 1. The topological polar surface area (TPSA) is 58.4 Å². The molecule has 2 aromatic heterocycles. The number of nitrogens with zero attached hydrogens (tertiary/aromatic N) is 2. The van der Waals surface area contributed by atoms with Gasteiger partial charge in [0.2, 0.25) is 5.76 Å². The maximum Gasteiger partial charge on any atom is 0.290 e. The monoisotopic (exact) mass is 265 g/mol. The van der Waals surface area contributed by atoms with Crippen molar-refractivity contribution in [1.29, 1.82) is 0 Å². The lowest BCUT2D eigenvalue weighted by Crippen LogP contribution is -2.25. The molecule has 0 saturated carbocycles. The molecule has 1 amide bonds. The molecule has 96 valence electrons. The van der Waals surface area contributed by atoms with E-state index in [0.717, 1.165) is 4.88 Å². The van der Waals surface area contributed by atoms with E-state index in [9.17, 15) is 4.79 Å². The molecule has 0 aliphatic carbocycles. The molecule has 0 unspecified atom stereocenters. The highest BCUT2D eigenvalue weighted by molar-refractivity contribution is 7.10. The Morgan fingerprint density at radius 3 is 2.89 bits per heavy atom. The fraction of sp³-hybridized carbons (Fsp3) is 0.333. The standard InChI is InChI=1S/C12H15N3O2S/c1-8(10-5-4-6-18-10)13-12(16)9-7-11(14-17-9)15(2)3/h4-8H,1-3H3,(H,13,16)/t8-/m1/s1. The van der Waals surface area contributed by atoms with Gasteiger partial charge in [0.25, 0.3) is 5.91 Å². The number of carbonyl (C=O) groups is 1.